The fourth-order valence-electron chi connectivity index (χ4n) is 5.66. The Bertz CT molecular complexity index is 1490. The minimum absolute atomic E-state index is 0.156. The average molecular weight is 555 g/mol. The van der Waals surface area contributed by atoms with E-state index in [1.165, 1.54) is 12.3 Å². The highest BCUT2D eigenvalue weighted by Gasteiger charge is 2.45. The number of hydrogen-bond acceptors (Lipinski definition) is 9. The van der Waals surface area contributed by atoms with Crippen LogP contribution in [0.4, 0.5) is 19.0 Å². The Labute approximate surface area is 215 Å². The fraction of sp³-hybridized carbons (Fsp3) is 0.478. The summed E-state index contributed by atoms with van der Waals surface area (Å²) in [5.41, 5.74) is 6.86. The number of carbonyl (C=O) groups is 1. The van der Waals surface area contributed by atoms with Gasteiger partial charge in [-0.05, 0) is 31.7 Å². The molecule has 0 spiro atoms. The summed E-state index contributed by atoms with van der Waals surface area (Å²) in [6, 6.07) is 2.02. The zero-order chi connectivity index (χ0) is 27.6. The molecule has 3 aromatic heterocycles. The molecule has 4 N–H and O–H groups in total. The van der Waals surface area contributed by atoms with Gasteiger partial charge in [-0.1, -0.05) is 6.07 Å². The first-order chi connectivity index (χ1) is 17.8. The quantitative estimate of drug-likeness (QED) is 0.425. The number of sulfone groups is 1. The first-order valence-corrected chi connectivity index (χ1v) is 13.7. The third-order valence-corrected chi connectivity index (χ3v) is 8.42. The van der Waals surface area contributed by atoms with Crippen LogP contribution >= 0.6 is 0 Å². The number of piperidine rings is 1. The van der Waals surface area contributed by atoms with Gasteiger partial charge in [0.25, 0.3) is 0 Å². The Balaban J connectivity index is 1.59. The molecule has 2 bridgehead atoms. The van der Waals surface area contributed by atoms with Crippen LogP contribution in [0.1, 0.15) is 49.1 Å². The number of rotatable bonds is 5. The largest absolute Gasteiger partial charge is 0.420 e. The van der Waals surface area contributed by atoms with Crippen molar-refractivity contribution >= 4 is 27.2 Å². The molecular formula is C23H25F3N6O5S. The molecule has 5 heterocycles. The van der Waals surface area contributed by atoms with Crippen LogP contribution < -0.4 is 5.73 Å². The lowest BCUT2D eigenvalue weighted by Crippen LogP contribution is -2.47. The number of amides is 1. The number of nitrogen functional groups attached to an aromatic ring is 1. The molecule has 0 aliphatic carbocycles. The van der Waals surface area contributed by atoms with Crippen molar-refractivity contribution in [2.45, 2.75) is 60.9 Å². The van der Waals surface area contributed by atoms with Crippen molar-refractivity contribution in [2.24, 2.45) is 0 Å². The van der Waals surface area contributed by atoms with Gasteiger partial charge in [-0.15, -0.1) is 0 Å². The maximum Gasteiger partial charge on any atom is 0.420 e. The van der Waals surface area contributed by atoms with Crippen molar-refractivity contribution in [3.8, 4) is 11.1 Å². The summed E-state index contributed by atoms with van der Waals surface area (Å²) in [6.45, 7) is -0.602. The highest BCUT2D eigenvalue weighted by atomic mass is 32.2. The number of nitrogens with two attached hydrogens (primary N) is 1. The molecule has 2 unspecified atom stereocenters. The monoisotopic (exact) mass is 554 g/mol. The Morgan fingerprint density at radius 3 is 2.39 bits per heavy atom. The molecule has 0 saturated carbocycles. The van der Waals surface area contributed by atoms with E-state index in [2.05, 4.69) is 15.1 Å². The SMILES string of the molecule is CS(=O)(=O)c1c([C@@H]2CC3CC[C@@H](C2)N3C(=O)CO)nc2c(-c3ccc(C(O)C(F)(F)F)nc3)cnn2c1N. The topological polar surface area (TPSA) is 164 Å². The van der Waals surface area contributed by atoms with Crippen molar-refractivity contribution in [2.75, 3.05) is 18.6 Å². The number of hydrogen-bond donors (Lipinski definition) is 3. The number of halogens is 3. The van der Waals surface area contributed by atoms with Crippen molar-refractivity contribution in [1.82, 2.24) is 24.5 Å². The zero-order valence-electron chi connectivity index (χ0n) is 20.1. The molecule has 1 amide bonds. The van der Waals surface area contributed by atoms with Crippen LogP contribution in [0.2, 0.25) is 0 Å². The number of alkyl halides is 3. The lowest BCUT2D eigenvalue weighted by atomic mass is 9.87. The number of aliphatic hydroxyl groups excluding tert-OH is 2. The van der Waals surface area contributed by atoms with Crippen LogP contribution in [0, 0.1) is 0 Å². The van der Waals surface area contributed by atoms with E-state index in [0.717, 1.165) is 35.9 Å². The highest BCUT2D eigenvalue weighted by Crippen LogP contribution is 2.45. The zero-order valence-corrected chi connectivity index (χ0v) is 20.9. The molecular weight excluding hydrogens is 529 g/mol. The number of pyridine rings is 1. The fourth-order valence-corrected chi connectivity index (χ4v) is 6.72. The number of anilines is 1. The van der Waals surface area contributed by atoms with E-state index >= 15 is 0 Å². The lowest BCUT2D eigenvalue weighted by Gasteiger charge is -2.39. The summed E-state index contributed by atoms with van der Waals surface area (Å²) in [7, 11) is -3.85. The normalized spacial score (nSPS) is 22.7. The molecule has 2 aliphatic rings. The molecule has 2 saturated heterocycles. The lowest BCUT2D eigenvalue weighted by molar-refractivity contribution is -0.207. The van der Waals surface area contributed by atoms with Gasteiger partial charge in [0.05, 0.1) is 17.6 Å². The van der Waals surface area contributed by atoms with Gasteiger partial charge in [0.15, 0.2) is 21.6 Å². The summed E-state index contributed by atoms with van der Waals surface area (Å²) in [6.07, 6.45) is -1.78. The van der Waals surface area contributed by atoms with Gasteiger partial charge in [0.2, 0.25) is 5.91 Å². The molecule has 0 radical (unpaired) electrons. The highest BCUT2D eigenvalue weighted by molar-refractivity contribution is 7.91. The van der Waals surface area contributed by atoms with Crippen LogP contribution in [-0.2, 0) is 14.6 Å². The van der Waals surface area contributed by atoms with E-state index in [-0.39, 0.29) is 46.0 Å². The second-order valence-corrected chi connectivity index (χ2v) is 11.7. The molecule has 38 heavy (non-hydrogen) atoms. The average Bonchev–Trinajstić information content (AvgIpc) is 3.40. The van der Waals surface area contributed by atoms with Crippen molar-refractivity contribution in [1.29, 1.82) is 0 Å². The Kier molecular flexibility index (Phi) is 6.35. The predicted octanol–water partition coefficient (Wildman–Crippen LogP) is 1.60. The van der Waals surface area contributed by atoms with Gasteiger partial charge in [-0.25, -0.2) is 13.4 Å². The minimum atomic E-state index is -4.87. The molecule has 204 valence electrons. The number of nitrogens with zero attached hydrogens (tertiary/aromatic N) is 5. The summed E-state index contributed by atoms with van der Waals surface area (Å²) >= 11 is 0. The number of fused-ring (bicyclic) bond motifs is 3. The van der Waals surface area contributed by atoms with Gasteiger partial charge in [0.1, 0.15) is 17.3 Å². The Morgan fingerprint density at radius 2 is 1.87 bits per heavy atom. The minimum Gasteiger partial charge on any atom is -0.387 e. The van der Waals surface area contributed by atoms with Crippen LogP contribution in [0.25, 0.3) is 16.8 Å². The predicted molar refractivity (Wildman–Crippen MR) is 127 cm³/mol. The number of aromatic nitrogens is 4. The van der Waals surface area contributed by atoms with Gasteiger partial charge in [0, 0.05) is 41.6 Å². The molecule has 2 aliphatic heterocycles. The van der Waals surface area contributed by atoms with Crippen LogP contribution in [0.15, 0.2) is 29.4 Å². The van der Waals surface area contributed by atoms with Gasteiger partial charge < -0.3 is 20.8 Å². The second kappa shape index (κ2) is 9.17. The van der Waals surface area contributed by atoms with Crippen molar-refractivity contribution in [3.63, 3.8) is 0 Å². The van der Waals surface area contributed by atoms with Crippen molar-refractivity contribution in [3.05, 3.63) is 35.9 Å². The number of aliphatic hydroxyl groups is 2. The molecule has 3 aromatic rings. The number of carbonyl (C=O) groups excluding carboxylic acids is 1. The van der Waals surface area contributed by atoms with Gasteiger partial charge >= 0.3 is 6.18 Å². The first kappa shape index (κ1) is 26.3. The van der Waals surface area contributed by atoms with E-state index in [1.54, 1.807) is 4.90 Å². The summed E-state index contributed by atoms with van der Waals surface area (Å²) < 4.78 is 65.4. The van der Waals surface area contributed by atoms with Crippen LogP contribution in [0.3, 0.4) is 0 Å². The first-order valence-electron chi connectivity index (χ1n) is 11.8. The Hall–Kier alpha value is -3.30. The smallest absolute Gasteiger partial charge is 0.387 e. The molecule has 4 atom stereocenters. The second-order valence-electron chi connectivity index (χ2n) is 9.71. The van der Waals surface area contributed by atoms with Crippen LogP contribution in [0.5, 0.6) is 0 Å². The maximum absolute atomic E-state index is 12.9. The summed E-state index contributed by atoms with van der Waals surface area (Å²) in [5, 5.41) is 23.0. The van der Waals surface area contributed by atoms with E-state index in [9.17, 15) is 36.6 Å². The van der Waals surface area contributed by atoms with Gasteiger partial charge in [-0.2, -0.15) is 22.8 Å². The van der Waals surface area contributed by atoms with Crippen molar-refractivity contribution < 1.29 is 36.6 Å². The maximum atomic E-state index is 12.9. The van der Waals surface area contributed by atoms with Gasteiger partial charge in [-0.3, -0.25) is 9.78 Å². The Morgan fingerprint density at radius 1 is 1.21 bits per heavy atom. The molecule has 0 aromatic carbocycles. The summed E-state index contributed by atoms with van der Waals surface area (Å²) in [4.78, 5) is 22.2. The van der Waals surface area contributed by atoms with Crippen LogP contribution in [-0.4, -0.2) is 80.1 Å². The molecule has 11 nitrogen and oxygen atoms in total. The van der Waals surface area contributed by atoms with E-state index in [1.807, 2.05) is 0 Å². The molecule has 2 fully saturated rings. The standard InChI is InChI=1S/C23H25F3N6O5S/c1-38(36,37)19-18(12-6-13-3-4-14(7-12)31(13)17(34)10-33)30-22-15(9-29-32(22)21(19)27)11-2-5-16(28-8-11)20(35)23(24,25)26/h2,5,8-9,12-14,20,33,35H,3-4,6-7,10,27H2,1H3/t12-,13-,14?,20?/m0/s1. The van der Waals surface area contributed by atoms with E-state index in [4.69, 9.17) is 5.73 Å². The summed E-state index contributed by atoms with van der Waals surface area (Å²) in [5.74, 6) is -0.874. The molecule has 5 rings (SSSR count). The third kappa shape index (κ3) is 4.37. The third-order valence-electron chi connectivity index (χ3n) is 7.27. The molecule has 15 heteroatoms. The van der Waals surface area contributed by atoms with E-state index in [0.29, 0.717) is 24.0 Å². The van der Waals surface area contributed by atoms with E-state index < -0.39 is 34.4 Å².